The molecule has 1 amide bonds. The molecule has 2 aromatic rings. The number of rotatable bonds is 7. The van der Waals surface area contributed by atoms with Crippen molar-refractivity contribution in [2.45, 2.75) is 33.0 Å². The van der Waals surface area contributed by atoms with Crippen LogP contribution in [-0.4, -0.2) is 11.9 Å². The van der Waals surface area contributed by atoms with Crippen molar-refractivity contribution in [1.82, 2.24) is 5.32 Å². The van der Waals surface area contributed by atoms with Gasteiger partial charge in [0.25, 0.3) is 0 Å². The van der Waals surface area contributed by atoms with Crippen molar-refractivity contribution in [3.05, 3.63) is 65.7 Å². The normalized spacial score (nSPS) is 12.0. The van der Waals surface area contributed by atoms with Gasteiger partial charge < -0.3 is 15.8 Å². The van der Waals surface area contributed by atoms with Gasteiger partial charge in [0, 0.05) is 6.54 Å². The highest BCUT2D eigenvalue weighted by Gasteiger charge is 2.16. The lowest BCUT2D eigenvalue weighted by Crippen LogP contribution is -2.43. The molecule has 2 aromatic carbocycles. The lowest BCUT2D eigenvalue weighted by atomic mass is 10.0. The van der Waals surface area contributed by atoms with Gasteiger partial charge in [0.15, 0.2) is 0 Å². The van der Waals surface area contributed by atoms with Crippen molar-refractivity contribution in [3.8, 4) is 5.75 Å². The van der Waals surface area contributed by atoms with E-state index in [9.17, 15) is 4.79 Å². The van der Waals surface area contributed by atoms with Crippen molar-refractivity contribution in [2.75, 3.05) is 0 Å². The molecule has 3 N–H and O–H groups in total. The molecule has 2 rings (SSSR count). The van der Waals surface area contributed by atoms with Crippen LogP contribution in [0.5, 0.6) is 5.75 Å². The summed E-state index contributed by atoms with van der Waals surface area (Å²) in [5, 5.41) is 2.85. The minimum absolute atomic E-state index is 0.121. The van der Waals surface area contributed by atoms with Gasteiger partial charge >= 0.3 is 0 Å². The third-order valence-electron chi connectivity index (χ3n) is 3.66. The standard InChI is InChI=1S/C19H24N2O2/c1-14(2)18(20)19(22)21-12-15-8-10-17(11-9-15)23-13-16-6-4-3-5-7-16/h3-11,14,18H,12-13,20H2,1-2H3,(H,21,22). The van der Waals surface area contributed by atoms with Crippen LogP contribution in [0.2, 0.25) is 0 Å². The Morgan fingerprint density at radius 3 is 2.30 bits per heavy atom. The third-order valence-corrected chi connectivity index (χ3v) is 3.66. The lowest BCUT2D eigenvalue weighted by molar-refractivity contribution is -0.123. The van der Waals surface area contributed by atoms with Crippen molar-refractivity contribution in [1.29, 1.82) is 0 Å². The van der Waals surface area contributed by atoms with Crippen LogP contribution in [0.15, 0.2) is 54.6 Å². The Kier molecular flexibility index (Phi) is 6.18. The largest absolute Gasteiger partial charge is 0.489 e. The van der Waals surface area contributed by atoms with Crippen LogP contribution in [0.25, 0.3) is 0 Å². The van der Waals surface area contributed by atoms with Crippen molar-refractivity contribution in [2.24, 2.45) is 11.7 Å². The second-order valence-electron chi connectivity index (χ2n) is 5.91. The Morgan fingerprint density at radius 1 is 1.04 bits per heavy atom. The zero-order chi connectivity index (χ0) is 16.7. The number of ether oxygens (including phenoxy) is 1. The molecule has 4 heteroatoms. The number of hydrogen-bond acceptors (Lipinski definition) is 3. The fraction of sp³-hybridized carbons (Fsp3) is 0.316. The summed E-state index contributed by atoms with van der Waals surface area (Å²) < 4.78 is 5.73. The van der Waals surface area contributed by atoms with E-state index in [0.717, 1.165) is 16.9 Å². The molecule has 23 heavy (non-hydrogen) atoms. The van der Waals surface area contributed by atoms with Gasteiger partial charge in [-0.3, -0.25) is 4.79 Å². The first kappa shape index (κ1) is 17.0. The quantitative estimate of drug-likeness (QED) is 0.826. The van der Waals surface area contributed by atoms with Gasteiger partial charge in [-0.1, -0.05) is 56.3 Å². The molecule has 0 saturated carbocycles. The predicted octanol–water partition coefficient (Wildman–Crippen LogP) is 2.87. The first-order valence-electron chi connectivity index (χ1n) is 7.85. The highest BCUT2D eigenvalue weighted by molar-refractivity contribution is 5.81. The molecule has 0 aromatic heterocycles. The molecular weight excluding hydrogens is 288 g/mol. The summed E-state index contributed by atoms with van der Waals surface area (Å²) in [7, 11) is 0. The molecule has 122 valence electrons. The molecule has 0 fully saturated rings. The number of nitrogens with two attached hydrogens (primary N) is 1. The molecule has 0 aliphatic carbocycles. The van der Waals surface area contributed by atoms with Crippen LogP contribution in [0, 0.1) is 5.92 Å². The molecule has 1 atom stereocenters. The summed E-state index contributed by atoms with van der Waals surface area (Å²) in [6.07, 6.45) is 0. The number of benzene rings is 2. The second kappa shape index (κ2) is 8.34. The average Bonchev–Trinajstić information content (AvgIpc) is 2.59. The van der Waals surface area contributed by atoms with E-state index in [-0.39, 0.29) is 11.8 Å². The van der Waals surface area contributed by atoms with E-state index in [2.05, 4.69) is 5.32 Å². The van der Waals surface area contributed by atoms with Gasteiger partial charge in [-0.25, -0.2) is 0 Å². The highest BCUT2D eigenvalue weighted by atomic mass is 16.5. The Morgan fingerprint density at radius 2 is 1.70 bits per heavy atom. The van der Waals surface area contributed by atoms with E-state index in [1.807, 2.05) is 68.4 Å². The smallest absolute Gasteiger partial charge is 0.237 e. The number of carbonyl (C=O) groups is 1. The SMILES string of the molecule is CC(C)C(N)C(=O)NCc1ccc(OCc2ccccc2)cc1. The topological polar surface area (TPSA) is 64.4 Å². The molecule has 0 aliphatic heterocycles. The zero-order valence-corrected chi connectivity index (χ0v) is 13.7. The lowest BCUT2D eigenvalue weighted by Gasteiger charge is -2.15. The van der Waals surface area contributed by atoms with Gasteiger partial charge in [0.1, 0.15) is 12.4 Å². The Hall–Kier alpha value is -2.33. The van der Waals surface area contributed by atoms with Crippen molar-refractivity contribution < 1.29 is 9.53 Å². The Labute approximate surface area is 137 Å². The van der Waals surface area contributed by atoms with Gasteiger partial charge in [-0.2, -0.15) is 0 Å². The van der Waals surface area contributed by atoms with Crippen LogP contribution in [-0.2, 0) is 17.9 Å². The molecule has 0 heterocycles. The molecule has 0 spiro atoms. The van der Waals surface area contributed by atoms with Crippen LogP contribution < -0.4 is 15.8 Å². The van der Waals surface area contributed by atoms with Crippen LogP contribution in [0.1, 0.15) is 25.0 Å². The fourth-order valence-electron chi connectivity index (χ4n) is 2.05. The molecule has 0 radical (unpaired) electrons. The minimum Gasteiger partial charge on any atom is -0.489 e. The summed E-state index contributed by atoms with van der Waals surface area (Å²) in [4.78, 5) is 11.8. The van der Waals surface area contributed by atoms with Crippen LogP contribution >= 0.6 is 0 Å². The Bertz CT molecular complexity index is 609. The molecule has 0 saturated heterocycles. The predicted molar refractivity (Wildman–Crippen MR) is 91.9 cm³/mol. The number of amides is 1. The van der Waals surface area contributed by atoms with Gasteiger partial charge in [0.2, 0.25) is 5.91 Å². The fourth-order valence-corrected chi connectivity index (χ4v) is 2.05. The van der Waals surface area contributed by atoms with E-state index in [4.69, 9.17) is 10.5 Å². The van der Waals surface area contributed by atoms with Crippen LogP contribution in [0.3, 0.4) is 0 Å². The molecule has 1 unspecified atom stereocenters. The average molecular weight is 312 g/mol. The number of hydrogen-bond donors (Lipinski definition) is 2. The molecule has 0 bridgehead atoms. The second-order valence-corrected chi connectivity index (χ2v) is 5.91. The van der Waals surface area contributed by atoms with Crippen molar-refractivity contribution >= 4 is 5.91 Å². The zero-order valence-electron chi connectivity index (χ0n) is 13.7. The van der Waals surface area contributed by atoms with Gasteiger partial charge in [-0.05, 0) is 29.2 Å². The maximum Gasteiger partial charge on any atom is 0.237 e. The first-order chi connectivity index (χ1) is 11.1. The first-order valence-corrected chi connectivity index (χ1v) is 7.85. The monoisotopic (exact) mass is 312 g/mol. The van der Waals surface area contributed by atoms with E-state index >= 15 is 0 Å². The summed E-state index contributed by atoms with van der Waals surface area (Å²) >= 11 is 0. The third kappa shape index (κ3) is 5.42. The number of nitrogens with one attached hydrogen (secondary N) is 1. The van der Waals surface area contributed by atoms with E-state index < -0.39 is 6.04 Å². The molecule has 0 aliphatic rings. The Balaban J connectivity index is 1.81. The summed E-state index contributed by atoms with van der Waals surface area (Å²) in [6.45, 7) is 4.88. The van der Waals surface area contributed by atoms with Crippen molar-refractivity contribution in [3.63, 3.8) is 0 Å². The maximum absolute atomic E-state index is 11.8. The molecule has 4 nitrogen and oxygen atoms in total. The van der Waals surface area contributed by atoms with E-state index in [0.29, 0.717) is 13.2 Å². The van der Waals surface area contributed by atoms with E-state index in [1.165, 1.54) is 0 Å². The minimum atomic E-state index is -0.469. The summed E-state index contributed by atoms with van der Waals surface area (Å²) in [5.74, 6) is 0.816. The number of carbonyl (C=O) groups excluding carboxylic acids is 1. The maximum atomic E-state index is 11.8. The summed E-state index contributed by atoms with van der Waals surface area (Å²) in [6, 6.07) is 17.3. The van der Waals surface area contributed by atoms with Gasteiger partial charge in [0.05, 0.1) is 6.04 Å². The van der Waals surface area contributed by atoms with Gasteiger partial charge in [-0.15, -0.1) is 0 Å². The highest BCUT2D eigenvalue weighted by Crippen LogP contribution is 2.14. The summed E-state index contributed by atoms with van der Waals surface area (Å²) in [5.41, 5.74) is 7.96. The van der Waals surface area contributed by atoms with E-state index in [1.54, 1.807) is 0 Å². The van der Waals surface area contributed by atoms with Crippen LogP contribution in [0.4, 0.5) is 0 Å². The molecular formula is C19H24N2O2.